The fraction of sp³-hybridized carbons (Fsp3) is 1.00. The van der Waals surface area contributed by atoms with Gasteiger partial charge in [0.1, 0.15) is 0 Å². The molecule has 3 atom stereocenters. The Hall–Kier alpha value is -0.120. The molecule has 4 heterocycles. The molecule has 1 N–H and O–H groups in total. The van der Waals surface area contributed by atoms with Gasteiger partial charge < -0.3 is 10.2 Å². The second kappa shape index (κ2) is 5.48. The van der Waals surface area contributed by atoms with Gasteiger partial charge in [0.15, 0.2) is 0 Å². The van der Waals surface area contributed by atoms with Crippen LogP contribution in [0, 0.1) is 11.8 Å². The van der Waals surface area contributed by atoms with Crippen LogP contribution in [0.25, 0.3) is 0 Å². The van der Waals surface area contributed by atoms with Crippen LogP contribution in [0.15, 0.2) is 0 Å². The summed E-state index contributed by atoms with van der Waals surface area (Å²) in [6.07, 6.45) is 4.21. The van der Waals surface area contributed by atoms with Crippen LogP contribution in [0.2, 0.25) is 0 Å². The van der Waals surface area contributed by atoms with Crippen molar-refractivity contribution in [2.75, 3.05) is 39.3 Å². The van der Waals surface area contributed by atoms with E-state index in [1.807, 2.05) is 0 Å². The summed E-state index contributed by atoms with van der Waals surface area (Å²) in [5.41, 5.74) is 0. The van der Waals surface area contributed by atoms with Gasteiger partial charge in [-0.1, -0.05) is 6.92 Å². The first-order valence-electron chi connectivity index (χ1n) is 7.92. The van der Waals surface area contributed by atoms with Gasteiger partial charge in [-0.25, -0.2) is 0 Å². The molecular weight excluding hydrogens is 222 g/mol. The first kappa shape index (κ1) is 12.9. The SMILES string of the molecule is CC1CNC(C)CCN(C2CN3CCC2CC3)C1. The highest BCUT2D eigenvalue weighted by molar-refractivity contribution is 4.93. The van der Waals surface area contributed by atoms with Crippen molar-refractivity contribution in [3.63, 3.8) is 0 Å². The predicted octanol–water partition coefficient (Wildman–Crippen LogP) is 1.40. The first-order valence-corrected chi connectivity index (χ1v) is 7.92. The number of nitrogens with zero attached hydrogens (tertiary/aromatic N) is 2. The summed E-state index contributed by atoms with van der Waals surface area (Å²) >= 11 is 0. The lowest BCUT2D eigenvalue weighted by Gasteiger charge is -2.50. The Balaban J connectivity index is 1.65. The van der Waals surface area contributed by atoms with E-state index in [0.29, 0.717) is 6.04 Å². The van der Waals surface area contributed by atoms with Crippen LogP contribution in [0.4, 0.5) is 0 Å². The molecule has 18 heavy (non-hydrogen) atoms. The maximum atomic E-state index is 3.65. The molecule has 3 heteroatoms. The van der Waals surface area contributed by atoms with Gasteiger partial charge in [-0.3, -0.25) is 4.90 Å². The molecule has 4 rings (SSSR count). The van der Waals surface area contributed by atoms with Gasteiger partial charge >= 0.3 is 0 Å². The Morgan fingerprint density at radius 3 is 2.39 bits per heavy atom. The predicted molar refractivity (Wildman–Crippen MR) is 75.8 cm³/mol. The molecule has 2 bridgehead atoms. The van der Waals surface area contributed by atoms with Crippen LogP contribution in [0.3, 0.4) is 0 Å². The van der Waals surface area contributed by atoms with Gasteiger partial charge in [0.2, 0.25) is 0 Å². The third kappa shape index (κ3) is 2.73. The summed E-state index contributed by atoms with van der Waals surface area (Å²) in [6, 6.07) is 1.55. The Labute approximate surface area is 112 Å². The third-order valence-corrected chi connectivity index (χ3v) is 5.30. The van der Waals surface area contributed by atoms with Gasteiger partial charge in [0, 0.05) is 25.2 Å². The summed E-state index contributed by atoms with van der Waals surface area (Å²) in [7, 11) is 0. The number of nitrogens with one attached hydrogen (secondary N) is 1. The van der Waals surface area contributed by atoms with Crippen molar-refractivity contribution in [3.8, 4) is 0 Å². The lowest BCUT2D eigenvalue weighted by atomic mass is 9.82. The normalized spacial score (nSPS) is 46.7. The van der Waals surface area contributed by atoms with Gasteiger partial charge in [0.05, 0.1) is 0 Å². The number of fused-ring (bicyclic) bond motifs is 3. The first-order chi connectivity index (χ1) is 8.72. The van der Waals surface area contributed by atoms with Crippen molar-refractivity contribution in [1.82, 2.24) is 15.1 Å². The average molecular weight is 251 g/mol. The molecule has 0 aromatic carbocycles. The molecule has 0 spiro atoms. The van der Waals surface area contributed by atoms with E-state index in [4.69, 9.17) is 0 Å². The van der Waals surface area contributed by atoms with Crippen molar-refractivity contribution in [2.45, 2.75) is 45.2 Å². The molecule has 0 amide bonds. The molecule has 4 aliphatic heterocycles. The lowest BCUT2D eigenvalue weighted by molar-refractivity contribution is -0.00442. The van der Waals surface area contributed by atoms with Crippen molar-refractivity contribution in [1.29, 1.82) is 0 Å². The van der Waals surface area contributed by atoms with Crippen LogP contribution in [0.1, 0.15) is 33.1 Å². The van der Waals surface area contributed by atoms with Gasteiger partial charge in [-0.15, -0.1) is 0 Å². The number of rotatable bonds is 1. The maximum Gasteiger partial charge on any atom is 0.0252 e. The molecule has 0 radical (unpaired) electrons. The fourth-order valence-corrected chi connectivity index (χ4v) is 4.07. The summed E-state index contributed by atoms with van der Waals surface area (Å²) in [6.45, 7) is 12.6. The van der Waals surface area contributed by atoms with E-state index < -0.39 is 0 Å². The summed E-state index contributed by atoms with van der Waals surface area (Å²) in [4.78, 5) is 5.52. The molecule has 4 saturated heterocycles. The van der Waals surface area contributed by atoms with Crippen LogP contribution >= 0.6 is 0 Å². The molecule has 0 saturated carbocycles. The minimum absolute atomic E-state index is 0.691. The molecule has 4 aliphatic rings. The Kier molecular flexibility index (Phi) is 3.92. The topological polar surface area (TPSA) is 18.5 Å². The minimum Gasteiger partial charge on any atom is -0.314 e. The highest BCUT2D eigenvalue weighted by Gasteiger charge is 2.37. The zero-order chi connectivity index (χ0) is 12.5. The van der Waals surface area contributed by atoms with Crippen LogP contribution in [-0.2, 0) is 0 Å². The summed E-state index contributed by atoms with van der Waals surface area (Å²) < 4.78 is 0. The molecule has 4 fully saturated rings. The molecule has 0 aliphatic carbocycles. The second-order valence-corrected chi connectivity index (χ2v) is 6.90. The van der Waals surface area contributed by atoms with Crippen molar-refractivity contribution in [3.05, 3.63) is 0 Å². The summed E-state index contributed by atoms with van der Waals surface area (Å²) in [5.74, 6) is 1.79. The lowest BCUT2D eigenvalue weighted by Crippen LogP contribution is -2.59. The second-order valence-electron chi connectivity index (χ2n) is 6.90. The van der Waals surface area contributed by atoms with Crippen molar-refractivity contribution >= 4 is 0 Å². The third-order valence-electron chi connectivity index (χ3n) is 5.30. The molecule has 104 valence electrons. The van der Waals surface area contributed by atoms with E-state index in [-0.39, 0.29) is 0 Å². The smallest absolute Gasteiger partial charge is 0.0252 e. The van der Waals surface area contributed by atoms with E-state index in [0.717, 1.165) is 17.9 Å². The Bertz CT molecular complexity index is 273. The van der Waals surface area contributed by atoms with E-state index in [9.17, 15) is 0 Å². The van der Waals surface area contributed by atoms with Gasteiger partial charge in [-0.2, -0.15) is 0 Å². The number of hydrogen-bond donors (Lipinski definition) is 1. The van der Waals surface area contributed by atoms with Gasteiger partial charge in [-0.05, 0) is 64.2 Å². The Morgan fingerprint density at radius 2 is 1.72 bits per heavy atom. The van der Waals surface area contributed by atoms with Gasteiger partial charge in [0.25, 0.3) is 0 Å². The summed E-state index contributed by atoms with van der Waals surface area (Å²) in [5, 5.41) is 3.65. The van der Waals surface area contributed by atoms with E-state index in [1.54, 1.807) is 0 Å². The molecule has 0 aromatic rings. The molecule has 3 nitrogen and oxygen atoms in total. The minimum atomic E-state index is 0.691. The van der Waals surface area contributed by atoms with E-state index in [2.05, 4.69) is 29.0 Å². The van der Waals surface area contributed by atoms with Crippen molar-refractivity contribution < 1.29 is 0 Å². The fourth-order valence-electron chi connectivity index (χ4n) is 4.07. The van der Waals surface area contributed by atoms with Crippen LogP contribution in [-0.4, -0.2) is 61.2 Å². The zero-order valence-electron chi connectivity index (χ0n) is 12.1. The van der Waals surface area contributed by atoms with Crippen molar-refractivity contribution in [2.24, 2.45) is 11.8 Å². The van der Waals surface area contributed by atoms with E-state index in [1.165, 1.54) is 58.5 Å². The highest BCUT2D eigenvalue weighted by Crippen LogP contribution is 2.31. The quantitative estimate of drug-likeness (QED) is 0.760. The highest BCUT2D eigenvalue weighted by atomic mass is 15.3. The Morgan fingerprint density at radius 1 is 0.944 bits per heavy atom. The molecule has 3 unspecified atom stereocenters. The zero-order valence-corrected chi connectivity index (χ0v) is 12.1. The molecular formula is C15H29N3. The standard InChI is InChI=1S/C15H29N3/c1-12-9-16-13(2)3-8-18(10-12)15-11-17-6-4-14(15)5-7-17/h12-16H,3-11H2,1-2H3. The number of hydrogen-bond acceptors (Lipinski definition) is 3. The largest absolute Gasteiger partial charge is 0.314 e. The monoisotopic (exact) mass is 251 g/mol. The molecule has 0 aromatic heterocycles. The van der Waals surface area contributed by atoms with Crippen LogP contribution in [0.5, 0.6) is 0 Å². The van der Waals surface area contributed by atoms with Crippen LogP contribution < -0.4 is 5.32 Å². The maximum absolute atomic E-state index is 3.65. The average Bonchev–Trinajstić information content (AvgIpc) is 2.40. The number of piperidine rings is 3. The van der Waals surface area contributed by atoms with E-state index >= 15 is 0 Å².